The molecule has 17 heavy (non-hydrogen) atoms. The molecule has 4 fully saturated rings. The molecule has 0 radical (unpaired) electrons. The fourth-order valence-electron chi connectivity index (χ4n) is 5.18. The topological polar surface area (TPSA) is 35.5 Å². The molecular formula is C14H20O3. The standard InChI is InChI=1S/C14H20O3/c1-13-8-14(16-4-5-17-14)3-2-11(13)10(7-15)9-6-12(9)13/h7,9-12H,2-6,8H2,1H3/t9-,10+,11+,12-,13-/m1/s1. The Labute approximate surface area is 102 Å². The van der Waals surface area contributed by atoms with Gasteiger partial charge >= 0.3 is 0 Å². The molecule has 1 saturated heterocycles. The van der Waals surface area contributed by atoms with Crippen molar-refractivity contribution in [2.24, 2.45) is 29.1 Å². The second-order valence-electron chi connectivity index (χ2n) is 6.65. The Morgan fingerprint density at radius 1 is 1.24 bits per heavy atom. The van der Waals surface area contributed by atoms with Crippen LogP contribution in [0.5, 0.6) is 0 Å². The Hall–Kier alpha value is -0.410. The maximum absolute atomic E-state index is 11.3. The van der Waals surface area contributed by atoms with Crippen molar-refractivity contribution in [3.05, 3.63) is 0 Å². The Bertz CT molecular complexity index is 360. The highest BCUT2D eigenvalue weighted by atomic mass is 16.7. The van der Waals surface area contributed by atoms with Gasteiger partial charge in [0.2, 0.25) is 0 Å². The number of carbonyl (C=O) groups is 1. The van der Waals surface area contributed by atoms with Gasteiger partial charge in [0.05, 0.1) is 13.2 Å². The van der Waals surface area contributed by atoms with Crippen LogP contribution in [0, 0.1) is 29.1 Å². The van der Waals surface area contributed by atoms with Crippen LogP contribution in [-0.4, -0.2) is 25.3 Å². The minimum atomic E-state index is -0.295. The van der Waals surface area contributed by atoms with Crippen LogP contribution in [-0.2, 0) is 14.3 Å². The fourth-order valence-corrected chi connectivity index (χ4v) is 5.18. The third kappa shape index (κ3) is 1.22. The van der Waals surface area contributed by atoms with Gasteiger partial charge in [-0.25, -0.2) is 0 Å². The molecule has 1 heterocycles. The molecule has 3 heteroatoms. The molecule has 3 saturated carbocycles. The minimum Gasteiger partial charge on any atom is -0.348 e. The van der Waals surface area contributed by atoms with Crippen LogP contribution < -0.4 is 0 Å². The summed E-state index contributed by atoms with van der Waals surface area (Å²) in [5, 5.41) is 0. The molecule has 0 N–H and O–H groups in total. The molecular weight excluding hydrogens is 216 g/mol. The van der Waals surface area contributed by atoms with Crippen molar-refractivity contribution >= 4 is 6.29 Å². The van der Waals surface area contributed by atoms with E-state index in [1.165, 1.54) is 12.7 Å². The van der Waals surface area contributed by atoms with Gasteiger partial charge in [0.15, 0.2) is 5.79 Å². The summed E-state index contributed by atoms with van der Waals surface area (Å²) in [6, 6.07) is 0. The monoisotopic (exact) mass is 236 g/mol. The first-order chi connectivity index (χ1) is 8.19. The molecule has 5 atom stereocenters. The van der Waals surface area contributed by atoms with E-state index in [9.17, 15) is 4.79 Å². The Balaban J connectivity index is 1.65. The average molecular weight is 236 g/mol. The SMILES string of the molecule is C[C@@]12CC3(CC[C@H]1[C@@H](C=O)[C@H]1C[C@H]12)OCCO3. The first-order valence-corrected chi connectivity index (χ1v) is 6.92. The van der Waals surface area contributed by atoms with E-state index < -0.39 is 0 Å². The summed E-state index contributed by atoms with van der Waals surface area (Å²) in [5.74, 6) is 2.05. The molecule has 0 aromatic heterocycles. The van der Waals surface area contributed by atoms with E-state index in [-0.39, 0.29) is 5.79 Å². The van der Waals surface area contributed by atoms with Crippen LogP contribution in [0.4, 0.5) is 0 Å². The lowest BCUT2D eigenvalue weighted by Gasteiger charge is -2.47. The number of carbonyl (C=O) groups excluding carboxylic acids is 1. The third-order valence-corrected chi connectivity index (χ3v) is 5.95. The van der Waals surface area contributed by atoms with Crippen molar-refractivity contribution in [1.82, 2.24) is 0 Å². The quantitative estimate of drug-likeness (QED) is 0.653. The third-order valence-electron chi connectivity index (χ3n) is 5.95. The molecule has 4 rings (SSSR count). The average Bonchev–Trinajstić information content (AvgIpc) is 2.93. The van der Waals surface area contributed by atoms with E-state index in [0.717, 1.165) is 38.4 Å². The van der Waals surface area contributed by atoms with Crippen LogP contribution in [0.25, 0.3) is 0 Å². The van der Waals surface area contributed by atoms with Crippen LogP contribution in [0.1, 0.15) is 32.6 Å². The number of rotatable bonds is 1. The maximum Gasteiger partial charge on any atom is 0.169 e. The second-order valence-corrected chi connectivity index (χ2v) is 6.65. The first kappa shape index (κ1) is 10.5. The molecule has 4 aliphatic rings. The number of aldehydes is 1. The van der Waals surface area contributed by atoms with Crippen molar-refractivity contribution in [2.75, 3.05) is 13.2 Å². The summed E-state index contributed by atoms with van der Waals surface area (Å²) in [5.41, 5.74) is 0.291. The van der Waals surface area contributed by atoms with E-state index >= 15 is 0 Å². The van der Waals surface area contributed by atoms with Crippen molar-refractivity contribution < 1.29 is 14.3 Å². The van der Waals surface area contributed by atoms with Gasteiger partial charge in [-0.1, -0.05) is 6.92 Å². The van der Waals surface area contributed by atoms with Gasteiger partial charge in [0, 0.05) is 18.8 Å². The highest BCUT2D eigenvalue weighted by molar-refractivity contribution is 5.58. The summed E-state index contributed by atoms with van der Waals surface area (Å²) in [6.45, 7) is 3.86. The first-order valence-electron chi connectivity index (χ1n) is 6.92. The second kappa shape index (κ2) is 3.12. The summed E-state index contributed by atoms with van der Waals surface area (Å²) < 4.78 is 11.8. The molecule has 0 amide bonds. The summed E-state index contributed by atoms with van der Waals surface area (Å²) in [4.78, 5) is 11.3. The predicted molar refractivity (Wildman–Crippen MR) is 61.2 cm³/mol. The zero-order valence-electron chi connectivity index (χ0n) is 10.4. The molecule has 94 valence electrons. The lowest BCUT2D eigenvalue weighted by Crippen LogP contribution is -2.46. The van der Waals surface area contributed by atoms with Gasteiger partial charge in [-0.05, 0) is 36.0 Å². The fraction of sp³-hybridized carbons (Fsp3) is 0.929. The molecule has 0 unspecified atom stereocenters. The molecule has 0 aromatic carbocycles. The number of hydrogen-bond donors (Lipinski definition) is 0. The zero-order chi connectivity index (χ0) is 11.7. The van der Waals surface area contributed by atoms with Gasteiger partial charge in [-0.15, -0.1) is 0 Å². The molecule has 3 nitrogen and oxygen atoms in total. The number of fused-ring (bicyclic) bond motifs is 3. The Morgan fingerprint density at radius 3 is 2.71 bits per heavy atom. The normalized spacial score (nSPS) is 54.4. The number of hydrogen-bond acceptors (Lipinski definition) is 3. The van der Waals surface area contributed by atoms with Crippen LogP contribution in [0.15, 0.2) is 0 Å². The van der Waals surface area contributed by atoms with E-state index in [1.807, 2.05) is 0 Å². The maximum atomic E-state index is 11.3. The summed E-state index contributed by atoms with van der Waals surface area (Å²) >= 11 is 0. The van der Waals surface area contributed by atoms with Crippen LogP contribution >= 0.6 is 0 Å². The highest BCUT2D eigenvalue weighted by Crippen LogP contribution is 2.72. The molecule has 1 aliphatic heterocycles. The van der Waals surface area contributed by atoms with Crippen LogP contribution in [0.2, 0.25) is 0 Å². The number of ether oxygens (including phenoxy) is 2. The molecule has 0 bridgehead atoms. The summed E-state index contributed by atoms with van der Waals surface area (Å²) in [7, 11) is 0. The molecule has 3 aliphatic carbocycles. The van der Waals surface area contributed by atoms with Gasteiger partial charge in [-0.2, -0.15) is 0 Å². The van der Waals surface area contributed by atoms with Crippen molar-refractivity contribution in [3.63, 3.8) is 0 Å². The van der Waals surface area contributed by atoms with E-state index in [4.69, 9.17) is 9.47 Å². The molecule has 1 spiro atoms. The highest BCUT2D eigenvalue weighted by Gasteiger charge is 2.69. The minimum absolute atomic E-state index is 0.291. The van der Waals surface area contributed by atoms with Crippen molar-refractivity contribution in [3.8, 4) is 0 Å². The molecule has 0 aromatic rings. The van der Waals surface area contributed by atoms with Gasteiger partial charge in [0.1, 0.15) is 6.29 Å². The Morgan fingerprint density at radius 2 is 2.00 bits per heavy atom. The lowest BCUT2D eigenvalue weighted by atomic mass is 9.62. The predicted octanol–water partition coefficient (Wildman–Crippen LogP) is 2.00. The van der Waals surface area contributed by atoms with Crippen LogP contribution in [0.3, 0.4) is 0 Å². The van der Waals surface area contributed by atoms with E-state index in [2.05, 4.69) is 6.92 Å². The zero-order valence-corrected chi connectivity index (χ0v) is 10.4. The van der Waals surface area contributed by atoms with Crippen molar-refractivity contribution in [2.45, 2.75) is 38.4 Å². The van der Waals surface area contributed by atoms with Crippen molar-refractivity contribution in [1.29, 1.82) is 0 Å². The van der Waals surface area contributed by atoms with E-state index in [0.29, 0.717) is 23.2 Å². The van der Waals surface area contributed by atoms with Gasteiger partial charge in [-0.3, -0.25) is 0 Å². The summed E-state index contributed by atoms with van der Waals surface area (Å²) in [6.07, 6.45) is 5.58. The largest absolute Gasteiger partial charge is 0.348 e. The van der Waals surface area contributed by atoms with Gasteiger partial charge < -0.3 is 14.3 Å². The smallest absolute Gasteiger partial charge is 0.169 e. The lowest BCUT2D eigenvalue weighted by molar-refractivity contribution is -0.213. The van der Waals surface area contributed by atoms with Gasteiger partial charge in [0.25, 0.3) is 0 Å². The van der Waals surface area contributed by atoms with E-state index in [1.54, 1.807) is 0 Å². The Kier molecular flexibility index (Phi) is 1.93.